The molecule has 2 atom stereocenters. The molecule has 0 spiro atoms. The van der Waals surface area contributed by atoms with Crippen molar-refractivity contribution in [1.82, 2.24) is 10.2 Å². The summed E-state index contributed by atoms with van der Waals surface area (Å²) in [6.07, 6.45) is 2.68. The number of nitrogens with one attached hydrogen (secondary N) is 1. The number of aryl methyl sites for hydroxylation is 2. The van der Waals surface area contributed by atoms with E-state index in [1.165, 1.54) is 5.56 Å². The highest BCUT2D eigenvalue weighted by atomic mass is 32.2. The zero-order valence-electron chi connectivity index (χ0n) is 21.3. The average molecular weight is 499 g/mol. The molecule has 1 saturated carbocycles. The Kier molecular flexibility index (Phi) is 7.69. The molecule has 2 fully saturated rings. The smallest absolute Gasteiger partial charge is 0.242 e. The standard InChI is InChI=1S/C28H38N2O4S/c1-20-7-8-21(2)26(15-20)35(32,33)28(13-5-6-14-28)27(31)29-16-24-9-11-25(12-10-24)19-30-17-22(3)34-23(4)18-30/h7-12,15,22-23H,5-6,13-14,16-19H2,1-4H3,(H,29,31). The fraction of sp³-hybridized carbons (Fsp3) is 0.536. The van der Waals surface area contributed by atoms with Gasteiger partial charge in [0.2, 0.25) is 5.91 Å². The van der Waals surface area contributed by atoms with Crippen LogP contribution in [0.25, 0.3) is 0 Å². The summed E-state index contributed by atoms with van der Waals surface area (Å²) in [5.41, 5.74) is 3.74. The Morgan fingerprint density at radius 1 is 1.00 bits per heavy atom. The molecule has 0 bridgehead atoms. The van der Waals surface area contributed by atoms with Gasteiger partial charge < -0.3 is 10.1 Å². The van der Waals surface area contributed by atoms with Crippen LogP contribution in [0.4, 0.5) is 0 Å². The van der Waals surface area contributed by atoms with E-state index in [1.54, 1.807) is 13.0 Å². The SMILES string of the molecule is Cc1ccc(C)c(S(=O)(=O)C2(C(=O)NCc3ccc(CN4CC(C)OC(C)C4)cc3)CCCC2)c1. The molecule has 0 radical (unpaired) electrons. The van der Waals surface area contributed by atoms with E-state index >= 15 is 0 Å². The van der Waals surface area contributed by atoms with E-state index in [9.17, 15) is 13.2 Å². The van der Waals surface area contributed by atoms with Crippen LogP contribution in [-0.4, -0.2) is 49.3 Å². The Morgan fingerprint density at radius 3 is 2.23 bits per heavy atom. The summed E-state index contributed by atoms with van der Waals surface area (Å²) in [5.74, 6) is -0.378. The van der Waals surface area contributed by atoms with Crippen LogP contribution in [0.2, 0.25) is 0 Å². The first-order chi connectivity index (χ1) is 16.6. The van der Waals surface area contributed by atoms with Gasteiger partial charge in [0.25, 0.3) is 0 Å². The molecule has 1 N–H and O–H groups in total. The molecule has 190 valence electrons. The first kappa shape index (κ1) is 25.9. The second-order valence-electron chi connectivity index (χ2n) is 10.4. The van der Waals surface area contributed by atoms with Crippen molar-refractivity contribution in [2.24, 2.45) is 0 Å². The molecule has 1 amide bonds. The fourth-order valence-corrected chi connectivity index (χ4v) is 7.95. The lowest BCUT2D eigenvalue weighted by Crippen LogP contribution is -2.50. The zero-order valence-corrected chi connectivity index (χ0v) is 22.2. The minimum absolute atomic E-state index is 0.232. The normalized spacial score (nSPS) is 22.7. The number of morpholine rings is 1. The third kappa shape index (κ3) is 5.47. The predicted octanol–water partition coefficient (Wildman–Crippen LogP) is 4.32. The van der Waals surface area contributed by atoms with Crippen molar-refractivity contribution in [3.8, 4) is 0 Å². The van der Waals surface area contributed by atoms with Gasteiger partial charge in [-0.1, -0.05) is 49.2 Å². The van der Waals surface area contributed by atoms with E-state index in [0.717, 1.165) is 43.6 Å². The van der Waals surface area contributed by atoms with Gasteiger partial charge in [0.1, 0.15) is 0 Å². The molecule has 4 rings (SSSR count). The maximum absolute atomic E-state index is 13.8. The Balaban J connectivity index is 1.44. The molecule has 35 heavy (non-hydrogen) atoms. The van der Waals surface area contributed by atoms with Gasteiger partial charge in [-0.2, -0.15) is 0 Å². The van der Waals surface area contributed by atoms with E-state index in [1.807, 2.05) is 31.2 Å². The van der Waals surface area contributed by atoms with Crippen LogP contribution in [0, 0.1) is 13.8 Å². The molecular formula is C28H38N2O4S. The van der Waals surface area contributed by atoms with Gasteiger partial charge in [-0.3, -0.25) is 9.69 Å². The molecule has 2 aliphatic rings. The highest BCUT2D eigenvalue weighted by Gasteiger charge is 2.53. The number of carbonyl (C=O) groups is 1. The van der Waals surface area contributed by atoms with Gasteiger partial charge in [-0.25, -0.2) is 8.42 Å². The molecule has 6 nitrogen and oxygen atoms in total. The van der Waals surface area contributed by atoms with Gasteiger partial charge >= 0.3 is 0 Å². The van der Waals surface area contributed by atoms with Crippen LogP contribution < -0.4 is 5.32 Å². The number of benzene rings is 2. The summed E-state index contributed by atoms with van der Waals surface area (Å²) in [6, 6.07) is 13.6. The Hall–Kier alpha value is -2.22. The highest BCUT2D eigenvalue weighted by molar-refractivity contribution is 7.93. The van der Waals surface area contributed by atoms with Crippen molar-refractivity contribution in [1.29, 1.82) is 0 Å². The monoisotopic (exact) mass is 498 g/mol. The van der Waals surface area contributed by atoms with E-state index in [-0.39, 0.29) is 23.0 Å². The van der Waals surface area contributed by atoms with Gasteiger partial charge in [-0.05, 0) is 68.9 Å². The van der Waals surface area contributed by atoms with Crippen LogP contribution in [0.15, 0.2) is 47.4 Å². The fourth-order valence-electron chi connectivity index (χ4n) is 5.55. The van der Waals surface area contributed by atoms with Gasteiger partial charge in [0.05, 0.1) is 17.1 Å². The lowest BCUT2D eigenvalue weighted by molar-refractivity contribution is -0.123. The van der Waals surface area contributed by atoms with Crippen molar-refractivity contribution in [2.75, 3.05) is 13.1 Å². The molecule has 2 unspecified atom stereocenters. The van der Waals surface area contributed by atoms with Crippen molar-refractivity contribution < 1.29 is 17.9 Å². The molecule has 2 aromatic carbocycles. The minimum Gasteiger partial charge on any atom is -0.373 e. The molecule has 2 aromatic rings. The quantitative estimate of drug-likeness (QED) is 0.616. The van der Waals surface area contributed by atoms with E-state index < -0.39 is 14.6 Å². The molecule has 1 saturated heterocycles. The number of rotatable bonds is 7. The number of carbonyl (C=O) groups excluding carboxylic acids is 1. The maximum atomic E-state index is 13.8. The molecule has 0 aromatic heterocycles. The van der Waals surface area contributed by atoms with Gasteiger partial charge in [0, 0.05) is 26.2 Å². The van der Waals surface area contributed by atoms with Crippen LogP contribution in [0.1, 0.15) is 61.8 Å². The first-order valence-corrected chi connectivity index (χ1v) is 14.1. The first-order valence-electron chi connectivity index (χ1n) is 12.7. The molecule has 1 heterocycles. The largest absolute Gasteiger partial charge is 0.373 e. The molecule has 7 heteroatoms. The third-order valence-corrected chi connectivity index (χ3v) is 9.99. The Morgan fingerprint density at radius 2 is 1.60 bits per heavy atom. The van der Waals surface area contributed by atoms with Crippen molar-refractivity contribution in [2.45, 2.75) is 88.3 Å². The summed E-state index contributed by atoms with van der Waals surface area (Å²) in [6.45, 7) is 10.9. The lowest BCUT2D eigenvalue weighted by atomic mass is 10.1. The zero-order chi connectivity index (χ0) is 25.2. The van der Waals surface area contributed by atoms with Crippen LogP contribution >= 0.6 is 0 Å². The lowest BCUT2D eigenvalue weighted by Gasteiger charge is -2.35. The van der Waals surface area contributed by atoms with Crippen LogP contribution in [-0.2, 0) is 32.5 Å². The Bertz CT molecular complexity index is 1140. The van der Waals surface area contributed by atoms with Gasteiger partial charge in [-0.15, -0.1) is 0 Å². The van der Waals surface area contributed by atoms with E-state index in [0.29, 0.717) is 24.9 Å². The predicted molar refractivity (Wildman–Crippen MR) is 138 cm³/mol. The number of amides is 1. The van der Waals surface area contributed by atoms with Crippen LogP contribution in [0.5, 0.6) is 0 Å². The number of hydrogen-bond acceptors (Lipinski definition) is 5. The summed E-state index contributed by atoms with van der Waals surface area (Å²) in [4.78, 5) is 16.1. The maximum Gasteiger partial charge on any atom is 0.242 e. The van der Waals surface area contributed by atoms with Crippen LogP contribution in [0.3, 0.4) is 0 Å². The average Bonchev–Trinajstić information content (AvgIpc) is 3.31. The molecule has 1 aliphatic carbocycles. The number of nitrogens with zero attached hydrogens (tertiary/aromatic N) is 1. The number of sulfone groups is 1. The summed E-state index contributed by atoms with van der Waals surface area (Å²) in [5, 5.41) is 2.96. The highest BCUT2D eigenvalue weighted by Crippen LogP contribution is 2.41. The van der Waals surface area contributed by atoms with Crippen molar-refractivity contribution in [3.63, 3.8) is 0 Å². The topological polar surface area (TPSA) is 75.7 Å². The van der Waals surface area contributed by atoms with Crippen molar-refractivity contribution in [3.05, 3.63) is 64.7 Å². The van der Waals surface area contributed by atoms with E-state index in [4.69, 9.17) is 4.74 Å². The summed E-state index contributed by atoms with van der Waals surface area (Å²) in [7, 11) is -3.82. The second-order valence-corrected chi connectivity index (χ2v) is 12.7. The van der Waals surface area contributed by atoms with E-state index in [2.05, 4.69) is 36.2 Å². The number of hydrogen-bond donors (Lipinski definition) is 1. The van der Waals surface area contributed by atoms with Crippen molar-refractivity contribution >= 4 is 15.7 Å². The molecular weight excluding hydrogens is 460 g/mol. The van der Waals surface area contributed by atoms with Gasteiger partial charge in [0.15, 0.2) is 14.6 Å². The third-order valence-electron chi connectivity index (χ3n) is 7.35. The molecule has 1 aliphatic heterocycles. The minimum atomic E-state index is -3.82. The summed E-state index contributed by atoms with van der Waals surface area (Å²) >= 11 is 0. The summed E-state index contributed by atoms with van der Waals surface area (Å²) < 4.78 is 32.0. The number of ether oxygens (including phenoxy) is 1. The Labute approximate surface area is 210 Å². The second kappa shape index (κ2) is 10.4.